The molecule has 21 heavy (non-hydrogen) atoms. The van der Waals surface area contributed by atoms with Gasteiger partial charge in [-0.25, -0.2) is 9.78 Å². The summed E-state index contributed by atoms with van der Waals surface area (Å²) in [7, 11) is 1.99. The van der Waals surface area contributed by atoms with E-state index in [0.717, 1.165) is 24.2 Å². The lowest BCUT2D eigenvalue weighted by Crippen LogP contribution is -2.37. The number of rotatable bonds is 3. The third kappa shape index (κ3) is 2.34. The number of carbonyl (C=O) groups is 1. The summed E-state index contributed by atoms with van der Waals surface area (Å²) in [5.74, 6) is -0.150. The number of carboxylic acids is 1. The molecule has 5 nitrogen and oxygen atoms in total. The van der Waals surface area contributed by atoms with Crippen LogP contribution >= 0.6 is 0 Å². The maximum Gasteiger partial charge on any atom is 0.337 e. The van der Waals surface area contributed by atoms with E-state index in [1.54, 1.807) is 0 Å². The number of carboxylic acid groups (broad SMARTS) is 1. The summed E-state index contributed by atoms with van der Waals surface area (Å²) in [6, 6.07) is 7.76. The number of fused-ring (bicyclic) bond motifs is 1. The molecule has 2 aromatic rings. The lowest BCUT2D eigenvalue weighted by atomic mass is 10.1. The van der Waals surface area contributed by atoms with E-state index in [2.05, 4.69) is 16.8 Å². The molecule has 2 atom stereocenters. The van der Waals surface area contributed by atoms with Crippen molar-refractivity contribution in [3.63, 3.8) is 0 Å². The number of pyridine rings is 1. The largest absolute Gasteiger partial charge is 0.478 e. The number of anilines is 1. The minimum absolute atomic E-state index is 0.148. The highest BCUT2D eigenvalue weighted by Crippen LogP contribution is 2.30. The Morgan fingerprint density at radius 1 is 1.38 bits per heavy atom. The van der Waals surface area contributed by atoms with Gasteiger partial charge in [-0.05, 0) is 13.3 Å². The first-order valence-corrected chi connectivity index (χ1v) is 7.05. The summed E-state index contributed by atoms with van der Waals surface area (Å²) in [6.45, 7) is 2.81. The number of hydrogen-bond donors (Lipinski definition) is 1. The van der Waals surface area contributed by atoms with Crippen LogP contribution in [-0.4, -0.2) is 41.9 Å². The van der Waals surface area contributed by atoms with Crippen molar-refractivity contribution < 1.29 is 14.6 Å². The molecule has 3 rings (SSSR count). The van der Waals surface area contributed by atoms with Crippen molar-refractivity contribution in [2.45, 2.75) is 25.5 Å². The second-order valence-electron chi connectivity index (χ2n) is 5.39. The molecule has 1 saturated heterocycles. The first-order valence-electron chi connectivity index (χ1n) is 7.05. The molecule has 1 aromatic heterocycles. The Labute approximate surface area is 123 Å². The van der Waals surface area contributed by atoms with Crippen LogP contribution in [0.15, 0.2) is 30.5 Å². The van der Waals surface area contributed by atoms with E-state index >= 15 is 0 Å². The van der Waals surface area contributed by atoms with Crippen LogP contribution in [0.3, 0.4) is 0 Å². The van der Waals surface area contributed by atoms with Gasteiger partial charge < -0.3 is 14.7 Å². The number of nitrogens with zero attached hydrogens (tertiary/aromatic N) is 2. The Bertz CT molecular complexity index is 686. The highest BCUT2D eigenvalue weighted by molar-refractivity contribution is 6.06. The average Bonchev–Trinajstić information content (AvgIpc) is 2.91. The minimum Gasteiger partial charge on any atom is -0.478 e. The zero-order chi connectivity index (χ0) is 15.0. The Morgan fingerprint density at radius 3 is 2.71 bits per heavy atom. The second kappa shape index (κ2) is 5.33. The van der Waals surface area contributed by atoms with Crippen molar-refractivity contribution in [1.29, 1.82) is 0 Å². The van der Waals surface area contributed by atoms with Crippen LogP contribution in [-0.2, 0) is 4.74 Å². The van der Waals surface area contributed by atoms with Crippen molar-refractivity contribution in [2.24, 2.45) is 0 Å². The topological polar surface area (TPSA) is 62.7 Å². The molecule has 2 heterocycles. The highest BCUT2D eigenvalue weighted by atomic mass is 16.5. The Balaban J connectivity index is 2.11. The van der Waals surface area contributed by atoms with E-state index in [1.165, 1.54) is 6.20 Å². The zero-order valence-corrected chi connectivity index (χ0v) is 12.1. The Morgan fingerprint density at radius 2 is 2.10 bits per heavy atom. The van der Waals surface area contributed by atoms with E-state index < -0.39 is 5.97 Å². The molecule has 0 saturated carbocycles. The molecule has 5 heteroatoms. The minimum atomic E-state index is -0.953. The van der Waals surface area contributed by atoms with Crippen LogP contribution in [0.5, 0.6) is 0 Å². The van der Waals surface area contributed by atoms with Gasteiger partial charge in [0.05, 0.1) is 17.7 Å². The third-order valence-corrected chi connectivity index (χ3v) is 4.17. The van der Waals surface area contributed by atoms with Gasteiger partial charge in [0.2, 0.25) is 0 Å². The molecule has 1 aliphatic rings. The summed E-state index contributed by atoms with van der Waals surface area (Å²) < 4.78 is 5.62. The molecule has 1 aliphatic heterocycles. The summed E-state index contributed by atoms with van der Waals surface area (Å²) in [5, 5.41) is 10.9. The number of aromatic carboxylic acids is 1. The molecule has 110 valence electrons. The average molecular weight is 286 g/mol. The van der Waals surface area contributed by atoms with E-state index in [4.69, 9.17) is 4.74 Å². The number of hydrogen-bond acceptors (Lipinski definition) is 4. The number of likely N-dealkylation sites (N-methyl/N-ethyl adjacent to an activating group) is 1. The summed E-state index contributed by atoms with van der Waals surface area (Å²) in [4.78, 5) is 17.8. The molecular weight excluding hydrogens is 268 g/mol. The maximum atomic E-state index is 11.3. The number of ether oxygens (including phenoxy) is 1. The van der Waals surface area contributed by atoms with E-state index in [0.29, 0.717) is 5.39 Å². The van der Waals surface area contributed by atoms with Crippen LogP contribution in [0.2, 0.25) is 0 Å². The van der Waals surface area contributed by atoms with Crippen molar-refractivity contribution in [1.82, 2.24) is 4.98 Å². The quantitative estimate of drug-likeness (QED) is 0.939. The fourth-order valence-electron chi connectivity index (χ4n) is 3.02. The number of benzene rings is 1. The van der Waals surface area contributed by atoms with Gasteiger partial charge in [-0.2, -0.15) is 0 Å². The van der Waals surface area contributed by atoms with Crippen LogP contribution in [0, 0.1) is 0 Å². The second-order valence-corrected chi connectivity index (χ2v) is 5.39. The van der Waals surface area contributed by atoms with Crippen molar-refractivity contribution >= 4 is 22.6 Å². The fourth-order valence-corrected chi connectivity index (χ4v) is 3.02. The van der Waals surface area contributed by atoms with Gasteiger partial charge in [-0.1, -0.05) is 24.3 Å². The van der Waals surface area contributed by atoms with E-state index in [1.807, 2.05) is 31.3 Å². The summed E-state index contributed by atoms with van der Waals surface area (Å²) in [6.07, 6.45) is 2.54. The monoisotopic (exact) mass is 286 g/mol. The third-order valence-electron chi connectivity index (χ3n) is 4.17. The molecule has 1 N–H and O–H groups in total. The molecule has 0 radical (unpaired) electrons. The van der Waals surface area contributed by atoms with Gasteiger partial charge in [0.15, 0.2) is 0 Å². The predicted octanol–water partition coefficient (Wildman–Crippen LogP) is 2.55. The van der Waals surface area contributed by atoms with E-state index in [9.17, 15) is 9.90 Å². The van der Waals surface area contributed by atoms with Crippen molar-refractivity contribution in [3.8, 4) is 0 Å². The predicted molar refractivity (Wildman–Crippen MR) is 80.9 cm³/mol. The van der Waals surface area contributed by atoms with Crippen LogP contribution < -0.4 is 4.90 Å². The maximum absolute atomic E-state index is 11.3. The van der Waals surface area contributed by atoms with Gasteiger partial charge in [0.1, 0.15) is 5.82 Å². The molecule has 0 bridgehead atoms. The fraction of sp³-hybridized carbons (Fsp3) is 0.375. The van der Waals surface area contributed by atoms with Crippen LogP contribution in [0.1, 0.15) is 23.7 Å². The van der Waals surface area contributed by atoms with Crippen molar-refractivity contribution in [3.05, 3.63) is 36.0 Å². The van der Waals surface area contributed by atoms with Gasteiger partial charge in [-0.15, -0.1) is 0 Å². The number of aromatic nitrogens is 1. The molecule has 1 fully saturated rings. The van der Waals surface area contributed by atoms with Crippen molar-refractivity contribution in [2.75, 3.05) is 18.6 Å². The standard InChI is InChI=1S/C16H18N2O3/c1-10-14(7-8-21-10)18(2)15-12-6-4-3-5-11(12)13(9-17-15)16(19)20/h3-6,9-10,14H,7-8H2,1-2H3,(H,19,20). The SMILES string of the molecule is CC1OCCC1N(C)c1ncc(C(=O)O)c2ccccc12. The van der Waals surface area contributed by atoms with Crippen LogP contribution in [0.4, 0.5) is 5.82 Å². The van der Waals surface area contributed by atoms with E-state index in [-0.39, 0.29) is 17.7 Å². The smallest absolute Gasteiger partial charge is 0.337 e. The van der Waals surface area contributed by atoms with Gasteiger partial charge in [0, 0.05) is 30.6 Å². The Kier molecular flexibility index (Phi) is 3.51. The highest BCUT2D eigenvalue weighted by Gasteiger charge is 2.29. The lowest BCUT2D eigenvalue weighted by Gasteiger charge is -2.28. The lowest BCUT2D eigenvalue weighted by molar-refractivity contribution is 0.0698. The normalized spacial score (nSPS) is 21.6. The molecule has 0 amide bonds. The Hall–Kier alpha value is -2.14. The first kappa shape index (κ1) is 13.8. The van der Waals surface area contributed by atoms with Gasteiger partial charge in [-0.3, -0.25) is 0 Å². The molecule has 1 aromatic carbocycles. The molecular formula is C16H18N2O3. The first-order chi connectivity index (χ1) is 10.1. The van der Waals surface area contributed by atoms with Gasteiger partial charge in [0.25, 0.3) is 0 Å². The summed E-state index contributed by atoms with van der Waals surface area (Å²) >= 11 is 0. The van der Waals surface area contributed by atoms with Crippen LogP contribution in [0.25, 0.3) is 10.8 Å². The summed E-state index contributed by atoms with van der Waals surface area (Å²) in [5.41, 5.74) is 0.235. The van der Waals surface area contributed by atoms with Gasteiger partial charge >= 0.3 is 5.97 Å². The molecule has 0 spiro atoms. The molecule has 2 unspecified atom stereocenters. The molecule has 0 aliphatic carbocycles. The zero-order valence-electron chi connectivity index (χ0n) is 12.1.